The summed E-state index contributed by atoms with van der Waals surface area (Å²) in [5.41, 5.74) is 0. The summed E-state index contributed by atoms with van der Waals surface area (Å²) in [7, 11) is 1.71. The van der Waals surface area contributed by atoms with Crippen LogP contribution in [0.5, 0.6) is 5.75 Å². The number of hydrogen-bond donors (Lipinski definition) is 2. The SMILES string of the molecule is CN=C(NCCCCOc1ccc(F)cc1)NCCCN1C(=O)C2C3C=CC(C3)C2C1=O.I. The van der Waals surface area contributed by atoms with E-state index in [1.54, 1.807) is 19.2 Å². The minimum atomic E-state index is -0.272. The summed E-state index contributed by atoms with van der Waals surface area (Å²) in [6.07, 6.45) is 7.64. The van der Waals surface area contributed by atoms with Crippen LogP contribution in [0.15, 0.2) is 41.4 Å². The van der Waals surface area contributed by atoms with Crippen LogP contribution in [0, 0.1) is 29.5 Å². The summed E-state index contributed by atoms with van der Waals surface area (Å²) in [5.74, 6) is 1.40. The molecule has 1 saturated carbocycles. The number of guanidine groups is 1. The van der Waals surface area contributed by atoms with E-state index in [0.29, 0.717) is 37.8 Å². The molecule has 0 aromatic heterocycles. The van der Waals surface area contributed by atoms with E-state index >= 15 is 0 Å². The first kappa shape index (κ1) is 25.5. The molecule has 2 bridgehead atoms. The van der Waals surface area contributed by atoms with Crippen LogP contribution in [0.3, 0.4) is 0 Å². The molecule has 180 valence electrons. The Morgan fingerprint density at radius 1 is 1.03 bits per heavy atom. The van der Waals surface area contributed by atoms with Gasteiger partial charge in [0.25, 0.3) is 0 Å². The Morgan fingerprint density at radius 2 is 1.64 bits per heavy atom. The zero-order valence-corrected chi connectivity index (χ0v) is 21.2. The van der Waals surface area contributed by atoms with E-state index in [2.05, 4.69) is 27.8 Å². The Balaban J connectivity index is 0.00000306. The van der Waals surface area contributed by atoms with Crippen LogP contribution >= 0.6 is 24.0 Å². The fourth-order valence-corrected chi connectivity index (χ4v) is 5.00. The zero-order chi connectivity index (χ0) is 22.5. The second-order valence-corrected chi connectivity index (χ2v) is 8.62. The monoisotopic (exact) mass is 570 g/mol. The summed E-state index contributed by atoms with van der Waals surface area (Å²) in [5, 5.41) is 6.49. The topological polar surface area (TPSA) is 83.0 Å². The van der Waals surface area contributed by atoms with Crippen molar-refractivity contribution in [1.29, 1.82) is 0 Å². The van der Waals surface area contributed by atoms with Gasteiger partial charge in [-0.1, -0.05) is 12.2 Å². The lowest BCUT2D eigenvalue weighted by Gasteiger charge is -2.18. The number of carbonyl (C=O) groups excluding carboxylic acids is 2. The summed E-state index contributed by atoms with van der Waals surface area (Å²) >= 11 is 0. The lowest BCUT2D eigenvalue weighted by Crippen LogP contribution is -2.40. The quantitative estimate of drug-likeness (QED) is 0.113. The van der Waals surface area contributed by atoms with Gasteiger partial charge in [0.15, 0.2) is 5.96 Å². The largest absolute Gasteiger partial charge is 0.494 e. The van der Waals surface area contributed by atoms with E-state index in [1.807, 2.05) is 0 Å². The summed E-state index contributed by atoms with van der Waals surface area (Å²) in [6.45, 7) is 2.39. The van der Waals surface area contributed by atoms with Crippen LogP contribution in [0.4, 0.5) is 4.39 Å². The lowest BCUT2D eigenvalue weighted by atomic mass is 9.85. The predicted molar refractivity (Wildman–Crippen MR) is 135 cm³/mol. The Bertz CT molecular complexity index is 862. The minimum Gasteiger partial charge on any atom is -0.494 e. The first-order valence-electron chi connectivity index (χ1n) is 11.4. The Hall–Kier alpha value is -2.17. The van der Waals surface area contributed by atoms with Crippen molar-refractivity contribution in [2.24, 2.45) is 28.7 Å². The van der Waals surface area contributed by atoms with Gasteiger partial charge >= 0.3 is 0 Å². The van der Waals surface area contributed by atoms with Gasteiger partial charge in [0.1, 0.15) is 11.6 Å². The smallest absolute Gasteiger partial charge is 0.233 e. The highest BCUT2D eigenvalue weighted by atomic mass is 127. The number of allylic oxidation sites excluding steroid dienone is 2. The van der Waals surface area contributed by atoms with Crippen LogP contribution in [-0.4, -0.2) is 56.0 Å². The number of imide groups is 1. The van der Waals surface area contributed by atoms with E-state index in [4.69, 9.17) is 4.74 Å². The molecule has 1 aliphatic heterocycles. The number of carbonyl (C=O) groups is 2. The number of nitrogens with one attached hydrogen (secondary N) is 2. The molecule has 4 rings (SSSR count). The molecule has 2 amide bonds. The van der Waals surface area contributed by atoms with Crippen molar-refractivity contribution in [2.75, 3.05) is 33.3 Å². The molecule has 2 fully saturated rings. The maximum absolute atomic E-state index is 12.9. The Labute approximate surface area is 211 Å². The van der Waals surface area contributed by atoms with Crippen molar-refractivity contribution < 1.29 is 18.7 Å². The molecular formula is C24H32FIN4O3. The van der Waals surface area contributed by atoms with E-state index in [-0.39, 0.29) is 65.3 Å². The molecule has 3 aliphatic rings. The number of ether oxygens (including phenoxy) is 1. The summed E-state index contributed by atoms with van der Waals surface area (Å²) in [6, 6.07) is 6.01. The molecule has 4 unspecified atom stereocenters. The van der Waals surface area contributed by atoms with Crippen molar-refractivity contribution in [3.8, 4) is 5.75 Å². The summed E-state index contributed by atoms with van der Waals surface area (Å²) < 4.78 is 18.5. The zero-order valence-electron chi connectivity index (χ0n) is 18.8. The second-order valence-electron chi connectivity index (χ2n) is 8.62. The average molecular weight is 570 g/mol. The van der Waals surface area contributed by atoms with Gasteiger partial charge in [-0.2, -0.15) is 0 Å². The molecule has 1 aromatic carbocycles. The Morgan fingerprint density at radius 3 is 2.24 bits per heavy atom. The van der Waals surface area contributed by atoms with Gasteiger partial charge in [-0.3, -0.25) is 19.5 Å². The molecule has 7 nitrogen and oxygen atoms in total. The molecule has 1 saturated heterocycles. The molecule has 1 heterocycles. The van der Waals surface area contributed by atoms with E-state index < -0.39 is 0 Å². The molecule has 2 N–H and O–H groups in total. The number of benzene rings is 1. The first-order chi connectivity index (χ1) is 15.6. The molecule has 2 aliphatic carbocycles. The molecule has 4 atom stereocenters. The molecule has 9 heteroatoms. The number of fused-ring (bicyclic) bond motifs is 5. The number of halogens is 2. The number of nitrogens with zero attached hydrogens (tertiary/aromatic N) is 2. The van der Waals surface area contributed by atoms with Gasteiger partial charge in [0.05, 0.1) is 18.4 Å². The van der Waals surface area contributed by atoms with E-state index in [0.717, 1.165) is 25.8 Å². The molecule has 1 aromatic rings. The third kappa shape index (κ3) is 5.85. The number of amides is 2. The average Bonchev–Trinajstić information content (AvgIpc) is 3.48. The van der Waals surface area contributed by atoms with Gasteiger partial charge in [0, 0.05) is 26.7 Å². The van der Waals surface area contributed by atoms with Gasteiger partial charge < -0.3 is 15.4 Å². The minimum absolute atomic E-state index is 0. The van der Waals surface area contributed by atoms with E-state index in [9.17, 15) is 14.0 Å². The number of likely N-dealkylation sites (tertiary alicyclic amines) is 1. The number of unbranched alkanes of at least 4 members (excludes halogenated alkanes) is 1. The standard InChI is InChI=1S/C24H31FN4O3.HI/c1-26-24(27-11-2-3-14-32-19-9-7-18(25)8-10-19)28-12-4-13-29-22(30)20-16-5-6-17(15-16)21(20)23(29)31;/h5-10,16-17,20-21H,2-4,11-15H2,1H3,(H2,26,27,28);1H. The Kier molecular flexibility index (Phi) is 9.10. The highest BCUT2D eigenvalue weighted by molar-refractivity contribution is 14.0. The molecule has 0 radical (unpaired) electrons. The predicted octanol–water partition coefficient (Wildman–Crippen LogP) is 2.96. The third-order valence-electron chi connectivity index (χ3n) is 6.58. The van der Waals surface area contributed by atoms with Gasteiger partial charge in [-0.25, -0.2) is 4.39 Å². The molecular weight excluding hydrogens is 538 g/mol. The van der Waals surface area contributed by atoms with Crippen molar-refractivity contribution in [2.45, 2.75) is 25.7 Å². The lowest BCUT2D eigenvalue weighted by molar-refractivity contribution is -0.140. The van der Waals surface area contributed by atoms with Crippen molar-refractivity contribution in [1.82, 2.24) is 15.5 Å². The van der Waals surface area contributed by atoms with Gasteiger partial charge in [0.2, 0.25) is 11.8 Å². The molecule has 0 spiro atoms. The van der Waals surface area contributed by atoms with Crippen molar-refractivity contribution in [3.63, 3.8) is 0 Å². The number of hydrogen-bond acceptors (Lipinski definition) is 4. The fraction of sp³-hybridized carbons (Fsp3) is 0.542. The number of aliphatic imine (C=N–C) groups is 1. The fourth-order valence-electron chi connectivity index (χ4n) is 5.00. The maximum atomic E-state index is 12.9. The van der Waals surface area contributed by atoms with Crippen molar-refractivity contribution in [3.05, 3.63) is 42.2 Å². The first-order valence-corrected chi connectivity index (χ1v) is 11.4. The van der Waals surface area contributed by atoms with Gasteiger partial charge in [-0.05, 0) is 61.8 Å². The highest BCUT2D eigenvalue weighted by Gasteiger charge is 2.58. The third-order valence-corrected chi connectivity index (χ3v) is 6.58. The van der Waals surface area contributed by atoms with Crippen LogP contribution in [0.25, 0.3) is 0 Å². The normalized spacial score (nSPS) is 25.3. The van der Waals surface area contributed by atoms with Crippen LogP contribution in [0.2, 0.25) is 0 Å². The van der Waals surface area contributed by atoms with Crippen molar-refractivity contribution >= 4 is 41.8 Å². The summed E-state index contributed by atoms with van der Waals surface area (Å²) in [4.78, 5) is 31.1. The second kappa shape index (κ2) is 11.8. The van der Waals surface area contributed by atoms with Crippen LogP contribution in [-0.2, 0) is 9.59 Å². The van der Waals surface area contributed by atoms with E-state index in [1.165, 1.54) is 17.0 Å². The van der Waals surface area contributed by atoms with Crippen LogP contribution < -0.4 is 15.4 Å². The molecule has 33 heavy (non-hydrogen) atoms. The number of rotatable bonds is 10. The maximum Gasteiger partial charge on any atom is 0.233 e. The van der Waals surface area contributed by atoms with Gasteiger partial charge in [-0.15, -0.1) is 24.0 Å². The highest BCUT2D eigenvalue weighted by Crippen LogP contribution is 2.52. The van der Waals surface area contributed by atoms with Crippen LogP contribution in [0.1, 0.15) is 25.7 Å².